The van der Waals surface area contributed by atoms with Crippen LogP contribution >= 0.6 is 23.1 Å². The lowest BCUT2D eigenvalue weighted by Crippen LogP contribution is -2.48. The quantitative estimate of drug-likeness (QED) is 0.572. The fourth-order valence-electron chi connectivity index (χ4n) is 3.30. The summed E-state index contributed by atoms with van der Waals surface area (Å²) in [4.78, 5) is 26.6. The van der Waals surface area contributed by atoms with Crippen molar-refractivity contribution in [3.05, 3.63) is 0 Å². The van der Waals surface area contributed by atoms with Crippen molar-refractivity contribution in [2.24, 2.45) is 5.92 Å². The number of aromatic nitrogens is 2. The Bertz CT molecular complexity index is 579. The summed E-state index contributed by atoms with van der Waals surface area (Å²) < 4.78 is 0.713. The minimum absolute atomic E-state index is 0.00339. The van der Waals surface area contributed by atoms with E-state index in [1.54, 1.807) is 0 Å². The van der Waals surface area contributed by atoms with Gasteiger partial charge in [0.15, 0.2) is 4.34 Å². The summed E-state index contributed by atoms with van der Waals surface area (Å²) in [6, 6.07) is 0.613. The number of likely N-dealkylation sites (tertiary alicyclic amines) is 1. The Balaban J connectivity index is 1.86. The van der Waals surface area contributed by atoms with Crippen LogP contribution in [0.15, 0.2) is 4.34 Å². The molecule has 2 rings (SSSR count). The Labute approximate surface area is 158 Å². The van der Waals surface area contributed by atoms with Crippen molar-refractivity contribution in [3.63, 3.8) is 0 Å². The van der Waals surface area contributed by atoms with Gasteiger partial charge in [0.2, 0.25) is 16.9 Å². The smallest absolute Gasteiger partial charge is 0.233 e. The molecule has 6 nitrogen and oxygen atoms in total. The van der Waals surface area contributed by atoms with Gasteiger partial charge in [0.05, 0.1) is 5.75 Å². The first-order valence-electron chi connectivity index (χ1n) is 9.04. The first-order chi connectivity index (χ1) is 12.0. The number of amides is 2. The molecule has 25 heavy (non-hydrogen) atoms. The molecule has 1 N–H and O–H groups in total. The minimum Gasteiger partial charge on any atom is -0.337 e. The maximum absolute atomic E-state index is 12.5. The van der Waals surface area contributed by atoms with E-state index in [0.29, 0.717) is 27.3 Å². The largest absolute Gasteiger partial charge is 0.337 e. The number of nitrogens with one attached hydrogen (secondary N) is 1. The summed E-state index contributed by atoms with van der Waals surface area (Å²) in [5, 5.41) is 11.4. The molecule has 1 aromatic rings. The molecule has 0 spiro atoms. The standard InChI is InChI=1S/C17H28N4O2S2/c1-5-13(6-2)15(23)18-16-19-20-17(25-16)24-10-14(22)21-11(3)8-7-9-12(21)4/h11-13H,5-10H2,1-4H3,(H,18,19,23)/t11-,12-/m0/s1. The van der Waals surface area contributed by atoms with Crippen LogP contribution in [0.4, 0.5) is 5.13 Å². The predicted molar refractivity (Wildman–Crippen MR) is 103 cm³/mol. The van der Waals surface area contributed by atoms with Crippen LogP contribution in [0.1, 0.15) is 59.8 Å². The number of thioether (sulfide) groups is 1. The SMILES string of the molecule is CCC(CC)C(=O)Nc1nnc(SCC(=O)N2[C@@H](C)CCC[C@@H]2C)s1. The van der Waals surface area contributed by atoms with E-state index in [0.717, 1.165) is 25.7 Å². The zero-order chi connectivity index (χ0) is 18.4. The van der Waals surface area contributed by atoms with Gasteiger partial charge in [-0.15, -0.1) is 10.2 Å². The molecular formula is C17H28N4O2S2. The molecule has 8 heteroatoms. The molecule has 0 aliphatic carbocycles. The van der Waals surface area contributed by atoms with E-state index in [4.69, 9.17) is 0 Å². The third kappa shape index (κ3) is 5.41. The van der Waals surface area contributed by atoms with Crippen LogP contribution in [0.2, 0.25) is 0 Å². The van der Waals surface area contributed by atoms with Gasteiger partial charge in [0.25, 0.3) is 0 Å². The lowest BCUT2D eigenvalue weighted by Gasteiger charge is -2.39. The molecular weight excluding hydrogens is 356 g/mol. The second-order valence-corrected chi connectivity index (χ2v) is 8.79. The molecule has 1 aliphatic rings. The van der Waals surface area contributed by atoms with E-state index in [1.165, 1.54) is 29.5 Å². The maximum atomic E-state index is 12.5. The number of carbonyl (C=O) groups excluding carboxylic acids is 2. The van der Waals surface area contributed by atoms with Gasteiger partial charge in [-0.1, -0.05) is 36.9 Å². The molecule has 1 saturated heterocycles. The van der Waals surface area contributed by atoms with Gasteiger partial charge >= 0.3 is 0 Å². The number of hydrogen-bond acceptors (Lipinski definition) is 6. The van der Waals surface area contributed by atoms with Gasteiger partial charge in [0, 0.05) is 18.0 Å². The Morgan fingerprint density at radius 3 is 2.48 bits per heavy atom. The Morgan fingerprint density at radius 2 is 1.88 bits per heavy atom. The Morgan fingerprint density at radius 1 is 1.24 bits per heavy atom. The van der Waals surface area contributed by atoms with Crippen LogP contribution in [0, 0.1) is 5.92 Å². The monoisotopic (exact) mass is 384 g/mol. The van der Waals surface area contributed by atoms with Crippen LogP contribution in [-0.2, 0) is 9.59 Å². The average Bonchev–Trinajstić information content (AvgIpc) is 3.01. The number of carbonyl (C=O) groups is 2. The molecule has 0 saturated carbocycles. The zero-order valence-electron chi connectivity index (χ0n) is 15.4. The molecule has 0 bridgehead atoms. The lowest BCUT2D eigenvalue weighted by molar-refractivity contribution is -0.134. The highest BCUT2D eigenvalue weighted by molar-refractivity contribution is 8.01. The van der Waals surface area contributed by atoms with Gasteiger partial charge in [-0.25, -0.2) is 0 Å². The first kappa shape index (κ1) is 20.2. The van der Waals surface area contributed by atoms with Crippen molar-refractivity contribution in [3.8, 4) is 0 Å². The average molecular weight is 385 g/mol. The molecule has 0 radical (unpaired) electrons. The third-order valence-electron chi connectivity index (χ3n) is 4.79. The summed E-state index contributed by atoms with van der Waals surface area (Å²) in [5.74, 6) is 0.514. The van der Waals surface area contributed by atoms with E-state index in [-0.39, 0.29) is 17.7 Å². The van der Waals surface area contributed by atoms with Gasteiger partial charge in [-0.2, -0.15) is 0 Å². The molecule has 1 aromatic heterocycles. The first-order valence-corrected chi connectivity index (χ1v) is 10.8. The molecule has 2 amide bonds. The summed E-state index contributed by atoms with van der Waals surface area (Å²) in [7, 11) is 0. The second kappa shape index (κ2) is 9.52. The summed E-state index contributed by atoms with van der Waals surface area (Å²) >= 11 is 2.72. The fourth-order valence-corrected chi connectivity index (χ4v) is 4.92. The van der Waals surface area contributed by atoms with E-state index < -0.39 is 0 Å². The number of hydrogen-bond donors (Lipinski definition) is 1. The molecule has 1 fully saturated rings. The summed E-state index contributed by atoms with van der Waals surface area (Å²) in [5.41, 5.74) is 0. The highest BCUT2D eigenvalue weighted by atomic mass is 32.2. The van der Waals surface area contributed by atoms with Gasteiger partial charge in [0.1, 0.15) is 0 Å². The normalized spacial score (nSPS) is 20.8. The fraction of sp³-hybridized carbons (Fsp3) is 0.765. The number of anilines is 1. The highest BCUT2D eigenvalue weighted by Crippen LogP contribution is 2.28. The van der Waals surface area contributed by atoms with E-state index in [9.17, 15) is 9.59 Å². The van der Waals surface area contributed by atoms with Crippen molar-refractivity contribution in [1.82, 2.24) is 15.1 Å². The van der Waals surface area contributed by atoms with Crippen LogP contribution in [0.25, 0.3) is 0 Å². The second-order valence-electron chi connectivity index (χ2n) is 6.59. The van der Waals surface area contributed by atoms with E-state index in [1.807, 2.05) is 18.7 Å². The van der Waals surface area contributed by atoms with Crippen molar-refractivity contribution in [2.45, 2.75) is 76.2 Å². The van der Waals surface area contributed by atoms with Gasteiger partial charge < -0.3 is 10.2 Å². The molecule has 2 heterocycles. The van der Waals surface area contributed by atoms with E-state index in [2.05, 4.69) is 29.4 Å². The maximum Gasteiger partial charge on any atom is 0.233 e. The topological polar surface area (TPSA) is 75.2 Å². The molecule has 140 valence electrons. The Kier molecular flexibility index (Phi) is 7.68. The minimum atomic E-state index is -0.00950. The highest BCUT2D eigenvalue weighted by Gasteiger charge is 2.28. The molecule has 2 atom stereocenters. The Hall–Kier alpha value is -1.15. The van der Waals surface area contributed by atoms with Crippen molar-refractivity contribution in [1.29, 1.82) is 0 Å². The summed E-state index contributed by atoms with van der Waals surface area (Å²) in [6.45, 7) is 8.25. The molecule has 1 aliphatic heterocycles. The lowest BCUT2D eigenvalue weighted by atomic mass is 9.98. The van der Waals surface area contributed by atoms with Crippen molar-refractivity contribution in [2.75, 3.05) is 11.1 Å². The van der Waals surface area contributed by atoms with Gasteiger partial charge in [-0.05, 0) is 46.0 Å². The third-order valence-corrected chi connectivity index (χ3v) is 6.75. The molecule has 0 aromatic carbocycles. The van der Waals surface area contributed by atoms with E-state index >= 15 is 0 Å². The van der Waals surface area contributed by atoms with Crippen molar-refractivity contribution >= 4 is 40.0 Å². The number of nitrogens with zero attached hydrogens (tertiary/aromatic N) is 3. The van der Waals surface area contributed by atoms with Crippen molar-refractivity contribution < 1.29 is 9.59 Å². The van der Waals surface area contributed by atoms with Crippen LogP contribution in [0.5, 0.6) is 0 Å². The van der Waals surface area contributed by atoms with Gasteiger partial charge in [-0.3, -0.25) is 9.59 Å². The van der Waals surface area contributed by atoms with Crippen LogP contribution < -0.4 is 5.32 Å². The number of rotatable bonds is 7. The molecule has 0 unspecified atom stereocenters. The van der Waals surface area contributed by atoms with Crippen LogP contribution in [-0.4, -0.2) is 44.7 Å². The predicted octanol–water partition coefficient (Wildman–Crippen LogP) is 3.79. The zero-order valence-corrected chi connectivity index (χ0v) is 17.1. The summed E-state index contributed by atoms with van der Waals surface area (Å²) in [6.07, 6.45) is 4.96. The van der Waals surface area contributed by atoms with Crippen LogP contribution in [0.3, 0.4) is 0 Å². The number of piperidine rings is 1.